The van der Waals surface area contributed by atoms with Gasteiger partial charge in [0.25, 0.3) is 0 Å². The topological polar surface area (TPSA) is 86.2 Å². The maximum atomic E-state index is 13.2. The number of rotatable bonds is 5. The molecule has 0 aliphatic heterocycles. The van der Waals surface area contributed by atoms with E-state index in [1.807, 2.05) is 24.6 Å². The third-order valence-electron chi connectivity index (χ3n) is 5.15. The van der Waals surface area contributed by atoms with Gasteiger partial charge in [-0.3, -0.25) is 0 Å². The highest BCUT2D eigenvalue weighted by molar-refractivity contribution is 6.00. The number of hydrogen-bond acceptors (Lipinski definition) is 5. The van der Waals surface area contributed by atoms with E-state index in [2.05, 4.69) is 9.97 Å². The minimum Gasteiger partial charge on any atom is -0.457 e. The van der Waals surface area contributed by atoms with Crippen molar-refractivity contribution in [3.8, 4) is 22.6 Å². The van der Waals surface area contributed by atoms with Crippen molar-refractivity contribution >= 4 is 16.9 Å². The highest BCUT2D eigenvalue weighted by atomic mass is 19.4. The van der Waals surface area contributed by atoms with Gasteiger partial charge >= 0.3 is 6.18 Å². The summed E-state index contributed by atoms with van der Waals surface area (Å²) >= 11 is 0. The summed E-state index contributed by atoms with van der Waals surface area (Å²) in [6.07, 6.45) is -1.21. The molecule has 0 atom stereocenters. The Balaban J connectivity index is 1.67. The first-order valence-corrected chi connectivity index (χ1v) is 9.89. The highest BCUT2D eigenvalue weighted by Gasteiger charge is 2.33. The van der Waals surface area contributed by atoms with Crippen LogP contribution in [0.4, 0.5) is 19.0 Å². The molecule has 0 aliphatic carbocycles. The average molecular weight is 442 g/mol. The van der Waals surface area contributed by atoms with Crippen molar-refractivity contribution in [2.75, 3.05) is 5.73 Å². The Morgan fingerprint density at radius 1 is 1.06 bits per heavy atom. The van der Waals surface area contributed by atoms with Gasteiger partial charge < -0.3 is 20.1 Å². The van der Waals surface area contributed by atoms with E-state index in [9.17, 15) is 18.3 Å². The number of anilines is 1. The monoisotopic (exact) mass is 442 g/mol. The van der Waals surface area contributed by atoms with Gasteiger partial charge in [0.2, 0.25) is 0 Å². The fourth-order valence-electron chi connectivity index (χ4n) is 3.58. The molecule has 166 valence electrons. The van der Waals surface area contributed by atoms with Crippen molar-refractivity contribution in [1.29, 1.82) is 0 Å². The van der Waals surface area contributed by atoms with Crippen molar-refractivity contribution in [2.24, 2.45) is 0 Å². The number of aliphatic hydroxyl groups excluding tert-OH is 1. The van der Waals surface area contributed by atoms with E-state index in [0.717, 1.165) is 28.2 Å². The Hall–Kier alpha value is -3.59. The molecule has 0 bridgehead atoms. The predicted octanol–water partition coefficient (Wildman–Crippen LogP) is 5.56. The number of aliphatic hydroxyl groups is 1. The first-order valence-electron chi connectivity index (χ1n) is 9.89. The van der Waals surface area contributed by atoms with Crippen LogP contribution in [-0.4, -0.2) is 19.6 Å². The lowest BCUT2D eigenvalue weighted by Crippen LogP contribution is -2.09. The summed E-state index contributed by atoms with van der Waals surface area (Å²) in [5, 5.41) is 9.91. The number of nitrogens with zero attached hydrogens (tertiary/aromatic N) is 3. The third-order valence-corrected chi connectivity index (χ3v) is 5.15. The number of ether oxygens (including phenoxy) is 1. The molecule has 4 aromatic rings. The summed E-state index contributed by atoms with van der Waals surface area (Å²) < 4.78 is 47.3. The number of halogens is 3. The van der Waals surface area contributed by atoms with Gasteiger partial charge in [-0.05, 0) is 49.2 Å². The first kappa shape index (κ1) is 21.6. The van der Waals surface area contributed by atoms with E-state index in [-0.39, 0.29) is 17.4 Å². The molecule has 9 heteroatoms. The largest absolute Gasteiger partial charge is 0.457 e. The summed E-state index contributed by atoms with van der Waals surface area (Å²) in [6.45, 7) is 3.37. The summed E-state index contributed by atoms with van der Waals surface area (Å²) in [7, 11) is 0. The maximum Gasteiger partial charge on any atom is 0.416 e. The fraction of sp³-hybridized carbons (Fsp3) is 0.217. The molecule has 0 unspecified atom stereocenters. The van der Waals surface area contributed by atoms with E-state index in [1.54, 1.807) is 24.3 Å². The lowest BCUT2D eigenvalue weighted by atomic mass is 10.1. The minimum absolute atomic E-state index is 0.0244. The van der Waals surface area contributed by atoms with Gasteiger partial charge in [-0.2, -0.15) is 13.2 Å². The van der Waals surface area contributed by atoms with Crippen LogP contribution in [0, 0.1) is 0 Å². The second kappa shape index (κ2) is 8.16. The van der Waals surface area contributed by atoms with E-state index < -0.39 is 18.3 Å². The van der Waals surface area contributed by atoms with Crippen LogP contribution >= 0.6 is 0 Å². The molecule has 2 heterocycles. The molecule has 32 heavy (non-hydrogen) atoms. The number of aromatic nitrogens is 3. The first-order chi connectivity index (χ1) is 15.2. The van der Waals surface area contributed by atoms with Gasteiger partial charge in [0, 0.05) is 17.8 Å². The van der Waals surface area contributed by atoms with Gasteiger partial charge in [-0.25, -0.2) is 9.97 Å². The van der Waals surface area contributed by atoms with Crippen molar-refractivity contribution in [1.82, 2.24) is 14.5 Å². The highest BCUT2D eigenvalue weighted by Crippen LogP contribution is 2.37. The summed E-state index contributed by atoms with van der Waals surface area (Å²) in [5.74, 6) is 0.764. The molecular weight excluding hydrogens is 421 g/mol. The average Bonchev–Trinajstić information content (AvgIpc) is 3.15. The van der Waals surface area contributed by atoms with Gasteiger partial charge in [0.1, 0.15) is 29.3 Å². The zero-order valence-corrected chi connectivity index (χ0v) is 17.4. The summed E-state index contributed by atoms with van der Waals surface area (Å²) in [5.41, 5.74) is 7.40. The second-order valence-corrected chi connectivity index (χ2v) is 7.60. The number of nitrogens with two attached hydrogens (primary N) is 1. The van der Waals surface area contributed by atoms with Crippen LogP contribution in [0.15, 0.2) is 55.0 Å². The molecule has 0 aliphatic rings. The van der Waals surface area contributed by atoms with Gasteiger partial charge in [-0.1, -0.05) is 18.2 Å². The Labute approximate surface area is 182 Å². The Morgan fingerprint density at radius 2 is 1.75 bits per heavy atom. The van der Waals surface area contributed by atoms with Crippen molar-refractivity contribution in [3.63, 3.8) is 0 Å². The molecule has 0 radical (unpaired) electrons. The zero-order chi connectivity index (χ0) is 23.0. The minimum atomic E-state index is -4.59. The zero-order valence-electron chi connectivity index (χ0n) is 17.4. The summed E-state index contributed by atoms with van der Waals surface area (Å²) in [6, 6.07) is 10.6. The number of alkyl halides is 3. The molecule has 0 amide bonds. The normalized spacial score (nSPS) is 12.0. The van der Waals surface area contributed by atoms with E-state index >= 15 is 0 Å². The van der Waals surface area contributed by atoms with Crippen LogP contribution in [0.2, 0.25) is 0 Å². The number of fused-ring (bicyclic) bond motifs is 1. The van der Waals surface area contributed by atoms with E-state index in [4.69, 9.17) is 10.5 Å². The van der Waals surface area contributed by atoms with Crippen LogP contribution in [0.1, 0.15) is 31.0 Å². The third kappa shape index (κ3) is 3.99. The SMILES string of the molecule is CC(C)n1cc(-c2ccc(Oc3ccc(CO)c(C(F)(F)F)c3)cc2)c2c(N)ncnc21. The molecule has 2 aromatic heterocycles. The quantitative estimate of drug-likeness (QED) is 0.422. The van der Waals surface area contributed by atoms with Crippen molar-refractivity contribution in [3.05, 3.63) is 66.1 Å². The smallest absolute Gasteiger partial charge is 0.416 e. The molecule has 6 nitrogen and oxygen atoms in total. The van der Waals surface area contributed by atoms with Crippen molar-refractivity contribution in [2.45, 2.75) is 32.7 Å². The van der Waals surface area contributed by atoms with Gasteiger partial charge in [0.05, 0.1) is 17.6 Å². The van der Waals surface area contributed by atoms with E-state index in [1.165, 1.54) is 18.5 Å². The van der Waals surface area contributed by atoms with Gasteiger partial charge in [-0.15, -0.1) is 0 Å². The van der Waals surface area contributed by atoms with E-state index in [0.29, 0.717) is 11.6 Å². The molecule has 3 N–H and O–H groups in total. The van der Waals surface area contributed by atoms with Crippen LogP contribution in [0.25, 0.3) is 22.2 Å². The molecule has 0 spiro atoms. The molecule has 0 saturated heterocycles. The molecule has 0 saturated carbocycles. The lowest BCUT2D eigenvalue weighted by Gasteiger charge is -2.14. The Bertz CT molecular complexity index is 1260. The fourth-order valence-corrected chi connectivity index (χ4v) is 3.58. The molecular formula is C23H21F3N4O2. The van der Waals surface area contributed by atoms with Gasteiger partial charge in [0.15, 0.2) is 0 Å². The Kier molecular flexibility index (Phi) is 5.52. The lowest BCUT2D eigenvalue weighted by molar-refractivity contribution is -0.138. The molecule has 2 aromatic carbocycles. The number of benzene rings is 2. The molecule has 4 rings (SSSR count). The summed E-state index contributed by atoms with van der Waals surface area (Å²) in [4.78, 5) is 8.46. The number of hydrogen-bond donors (Lipinski definition) is 2. The van der Waals surface area contributed by atoms with Crippen molar-refractivity contribution < 1.29 is 23.0 Å². The van der Waals surface area contributed by atoms with Crippen LogP contribution in [0.3, 0.4) is 0 Å². The number of nitrogen functional groups attached to an aromatic ring is 1. The standard InChI is InChI=1S/C23H21F3N4O2/c1-13(2)30-10-18(20-21(27)28-12-29-22(20)30)14-3-6-16(7-4-14)32-17-8-5-15(11-31)19(9-17)23(24,25)26/h3-10,12-13,31H,11H2,1-2H3,(H2,27,28,29). The molecule has 0 fully saturated rings. The second-order valence-electron chi connectivity index (χ2n) is 7.60. The van der Waals surface area contributed by atoms with Crippen LogP contribution in [-0.2, 0) is 12.8 Å². The van der Waals surface area contributed by atoms with Crippen LogP contribution < -0.4 is 10.5 Å². The Morgan fingerprint density at radius 3 is 2.38 bits per heavy atom. The predicted molar refractivity (Wildman–Crippen MR) is 115 cm³/mol. The van der Waals surface area contributed by atoms with Crippen LogP contribution in [0.5, 0.6) is 11.5 Å². The maximum absolute atomic E-state index is 13.2.